The maximum absolute atomic E-state index is 12.2. The molecule has 0 bridgehead atoms. The molecule has 0 aromatic heterocycles. The quantitative estimate of drug-likeness (QED) is 0.552. The average molecular weight is 464 g/mol. The topological polar surface area (TPSA) is 56.8 Å². The van der Waals surface area contributed by atoms with Gasteiger partial charge in [-0.15, -0.1) is 0 Å². The van der Waals surface area contributed by atoms with Gasteiger partial charge in [-0.1, -0.05) is 39.8 Å². The lowest BCUT2D eigenvalue weighted by atomic mass is 9.87. The van der Waals surface area contributed by atoms with Crippen LogP contribution in [0.25, 0.3) is 0 Å². The molecule has 0 aliphatic rings. The number of amides is 1. The van der Waals surface area contributed by atoms with Crippen LogP contribution in [-0.4, -0.2) is 26.2 Å². The molecule has 29 heavy (non-hydrogen) atoms. The molecule has 1 N–H and O–H groups in total. The predicted molar refractivity (Wildman–Crippen MR) is 119 cm³/mol. The van der Waals surface area contributed by atoms with Crippen LogP contribution in [0.5, 0.6) is 17.2 Å². The molecule has 6 heteroatoms. The lowest BCUT2D eigenvalue weighted by molar-refractivity contribution is -0.123. The molecule has 158 valence electrons. The van der Waals surface area contributed by atoms with Gasteiger partial charge < -0.3 is 19.5 Å². The van der Waals surface area contributed by atoms with E-state index in [2.05, 4.69) is 48.9 Å². The van der Waals surface area contributed by atoms with E-state index < -0.39 is 0 Å². The highest BCUT2D eigenvalue weighted by atomic mass is 79.9. The lowest BCUT2D eigenvalue weighted by Crippen LogP contribution is -2.28. The van der Waals surface area contributed by atoms with Gasteiger partial charge in [-0.2, -0.15) is 0 Å². The smallest absolute Gasteiger partial charge is 0.258 e. The molecule has 0 saturated heterocycles. The van der Waals surface area contributed by atoms with Crippen molar-refractivity contribution in [3.8, 4) is 17.2 Å². The Bertz CT molecular complexity index is 830. The average Bonchev–Trinajstić information content (AvgIpc) is 2.69. The van der Waals surface area contributed by atoms with Gasteiger partial charge in [0.2, 0.25) is 0 Å². The van der Waals surface area contributed by atoms with Crippen LogP contribution in [0.15, 0.2) is 40.9 Å². The van der Waals surface area contributed by atoms with Gasteiger partial charge in [0.05, 0.1) is 18.2 Å². The van der Waals surface area contributed by atoms with Crippen molar-refractivity contribution in [2.75, 3.05) is 20.3 Å². The zero-order chi connectivity index (χ0) is 21.4. The molecule has 0 fully saturated rings. The van der Waals surface area contributed by atoms with Crippen molar-refractivity contribution in [2.45, 2.75) is 46.1 Å². The zero-order valence-electron chi connectivity index (χ0n) is 17.8. The molecule has 2 aromatic carbocycles. The highest BCUT2D eigenvalue weighted by molar-refractivity contribution is 9.10. The fourth-order valence-corrected chi connectivity index (χ4v) is 3.13. The monoisotopic (exact) mass is 463 g/mol. The van der Waals surface area contributed by atoms with Crippen LogP contribution in [0.2, 0.25) is 0 Å². The maximum atomic E-state index is 12.2. The van der Waals surface area contributed by atoms with E-state index in [9.17, 15) is 4.79 Å². The number of halogens is 1. The molecule has 0 atom stereocenters. The molecule has 2 aromatic rings. The van der Waals surface area contributed by atoms with Crippen LogP contribution >= 0.6 is 15.9 Å². The minimum atomic E-state index is -0.193. The van der Waals surface area contributed by atoms with Gasteiger partial charge in [0, 0.05) is 6.54 Å². The van der Waals surface area contributed by atoms with Crippen LogP contribution in [-0.2, 0) is 16.8 Å². The summed E-state index contributed by atoms with van der Waals surface area (Å²) in [6.45, 7) is 9.48. The number of methoxy groups -OCH3 is 1. The summed E-state index contributed by atoms with van der Waals surface area (Å²) in [7, 11) is 1.60. The van der Waals surface area contributed by atoms with Crippen LogP contribution in [0, 0.1) is 0 Å². The molecule has 1 amide bonds. The molecular formula is C23H30BrNO4. The lowest BCUT2D eigenvalue weighted by Gasteiger charge is -2.20. The summed E-state index contributed by atoms with van der Waals surface area (Å²) < 4.78 is 17.5. The van der Waals surface area contributed by atoms with Crippen LogP contribution < -0.4 is 19.5 Å². The zero-order valence-corrected chi connectivity index (χ0v) is 19.4. The van der Waals surface area contributed by atoms with Gasteiger partial charge in [0.1, 0.15) is 5.75 Å². The van der Waals surface area contributed by atoms with E-state index in [0.717, 1.165) is 16.5 Å². The number of nitrogens with one attached hydrogen (secondary N) is 1. The fourth-order valence-electron chi connectivity index (χ4n) is 2.63. The van der Waals surface area contributed by atoms with Gasteiger partial charge in [-0.25, -0.2) is 0 Å². The molecule has 2 rings (SSSR count). The Morgan fingerprint density at radius 2 is 1.76 bits per heavy atom. The largest absolute Gasteiger partial charge is 0.493 e. The molecular weight excluding hydrogens is 434 g/mol. The molecule has 0 radical (unpaired) electrons. The predicted octanol–water partition coefficient (Wildman–Crippen LogP) is 5.24. The second kappa shape index (κ2) is 10.5. The van der Waals surface area contributed by atoms with Crippen LogP contribution in [0.4, 0.5) is 0 Å². The van der Waals surface area contributed by atoms with Crippen molar-refractivity contribution >= 4 is 21.8 Å². The van der Waals surface area contributed by atoms with Crippen LogP contribution in [0.3, 0.4) is 0 Å². The Hall–Kier alpha value is -2.21. The highest BCUT2D eigenvalue weighted by Crippen LogP contribution is 2.31. The van der Waals surface area contributed by atoms with Crippen LogP contribution in [0.1, 0.15) is 45.2 Å². The number of hydrogen-bond donors (Lipinski definition) is 1. The molecule has 0 aliphatic heterocycles. The summed E-state index contributed by atoms with van der Waals surface area (Å²) in [4.78, 5) is 12.2. The highest BCUT2D eigenvalue weighted by Gasteiger charge is 2.15. The van der Waals surface area contributed by atoms with E-state index in [-0.39, 0.29) is 17.9 Å². The maximum Gasteiger partial charge on any atom is 0.258 e. The van der Waals surface area contributed by atoms with Crippen molar-refractivity contribution in [3.05, 3.63) is 52.0 Å². The number of ether oxygens (including phenoxy) is 3. The van der Waals surface area contributed by atoms with E-state index in [0.29, 0.717) is 30.4 Å². The summed E-state index contributed by atoms with van der Waals surface area (Å²) in [6, 6.07) is 11.6. The third-order valence-corrected chi connectivity index (χ3v) is 4.96. The first-order valence-electron chi connectivity index (χ1n) is 9.73. The van der Waals surface area contributed by atoms with Crippen molar-refractivity contribution in [1.82, 2.24) is 5.32 Å². The van der Waals surface area contributed by atoms with Crippen molar-refractivity contribution in [1.29, 1.82) is 0 Å². The molecule has 0 unspecified atom stereocenters. The van der Waals surface area contributed by atoms with E-state index in [1.165, 1.54) is 5.56 Å². The molecule has 0 spiro atoms. The normalized spacial score (nSPS) is 11.1. The number of benzene rings is 2. The van der Waals surface area contributed by atoms with E-state index in [1.807, 2.05) is 36.4 Å². The minimum Gasteiger partial charge on any atom is -0.493 e. The first-order chi connectivity index (χ1) is 13.7. The summed E-state index contributed by atoms with van der Waals surface area (Å²) in [6.07, 6.45) is 0.927. The molecule has 5 nitrogen and oxygen atoms in total. The number of hydrogen-bond acceptors (Lipinski definition) is 4. The minimum absolute atomic E-state index is 0.0522. The summed E-state index contributed by atoms with van der Waals surface area (Å²) >= 11 is 3.52. The van der Waals surface area contributed by atoms with Crippen molar-refractivity contribution in [3.63, 3.8) is 0 Å². The second-order valence-corrected chi connectivity index (χ2v) is 8.65. The van der Waals surface area contributed by atoms with E-state index in [4.69, 9.17) is 14.2 Å². The Kier molecular flexibility index (Phi) is 8.38. The van der Waals surface area contributed by atoms with Gasteiger partial charge >= 0.3 is 0 Å². The third-order valence-electron chi connectivity index (χ3n) is 4.34. The number of carbonyl (C=O) groups is 1. The van der Waals surface area contributed by atoms with Gasteiger partial charge in [-0.05, 0) is 63.2 Å². The van der Waals surface area contributed by atoms with E-state index in [1.54, 1.807) is 7.11 Å². The van der Waals surface area contributed by atoms with E-state index >= 15 is 0 Å². The SMILES string of the molecule is CCCOc1ccc(CNC(=O)COc2ccc(C(C)(C)C)cc2Br)cc1OC. The summed E-state index contributed by atoms with van der Waals surface area (Å²) in [5.41, 5.74) is 2.17. The molecule has 0 saturated carbocycles. The Morgan fingerprint density at radius 3 is 2.38 bits per heavy atom. The number of rotatable bonds is 9. The van der Waals surface area contributed by atoms with Crippen molar-refractivity contribution < 1.29 is 19.0 Å². The summed E-state index contributed by atoms with van der Waals surface area (Å²) in [5, 5.41) is 2.86. The Labute approximate surface area is 181 Å². The number of carbonyl (C=O) groups excluding carboxylic acids is 1. The first kappa shape index (κ1) is 23.1. The van der Waals surface area contributed by atoms with Gasteiger partial charge in [0.25, 0.3) is 5.91 Å². The van der Waals surface area contributed by atoms with Gasteiger partial charge in [-0.3, -0.25) is 4.79 Å². The summed E-state index contributed by atoms with van der Waals surface area (Å²) in [5.74, 6) is 1.81. The van der Waals surface area contributed by atoms with Gasteiger partial charge in [0.15, 0.2) is 18.1 Å². The second-order valence-electron chi connectivity index (χ2n) is 7.79. The Balaban J connectivity index is 1.89. The third kappa shape index (κ3) is 6.96. The molecule has 0 heterocycles. The molecule has 0 aliphatic carbocycles. The Morgan fingerprint density at radius 1 is 1.03 bits per heavy atom. The van der Waals surface area contributed by atoms with Crippen molar-refractivity contribution in [2.24, 2.45) is 0 Å². The fraction of sp³-hybridized carbons (Fsp3) is 0.435. The first-order valence-corrected chi connectivity index (χ1v) is 10.5. The standard InChI is InChI=1S/C23H30BrNO4/c1-6-11-28-20-9-7-16(12-21(20)27-5)14-25-22(26)15-29-19-10-8-17(13-18(19)24)23(2,3)4/h7-10,12-13H,6,11,14-15H2,1-5H3,(H,25,26).